The second-order valence-corrected chi connectivity index (χ2v) is 6.88. The maximum atomic E-state index is 5.76. The highest BCUT2D eigenvalue weighted by molar-refractivity contribution is 5.55. The second kappa shape index (κ2) is 7.02. The Kier molecular flexibility index (Phi) is 4.57. The minimum atomic E-state index is -0.283. The predicted octanol–water partition coefficient (Wildman–Crippen LogP) is 3.60. The van der Waals surface area contributed by atoms with Crippen LogP contribution in [-0.2, 0) is 16.7 Å². The van der Waals surface area contributed by atoms with E-state index in [1.54, 1.807) is 0 Å². The Bertz CT molecular complexity index is 863. The first-order valence-corrected chi connectivity index (χ1v) is 9.00. The predicted molar refractivity (Wildman–Crippen MR) is 99.6 cm³/mol. The number of nitrogens with zero attached hydrogens (tertiary/aromatic N) is 2. The van der Waals surface area contributed by atoms with E-state index in [1.807, 2.05) is 24.3 Å². The molecular formula is C21H23N3O2. The number of rotatable bonds is 4. The third-order valence-corrected chi connectivity index (χ3v) is 5.23. The zero-order chi connectivity index (χ0) is 18.0. The smallest absolute Gasteiger partial charge is 0.237 e. The first kappa shape index (κ1) is 16.9. The molecule has 2 N–H and O–H groups in total. The van der Waals surface area contributed by atoms with Crippen LogP contribution in [0.3, 0.4) is 0 Å². The van der Waals surface area contributed by atoms with Crippen LogP contribution in [0.2, 0.25) is 0 Å². The molecule has 1 aromatic heterocycles. The third-order valence-electron chi connectivity index (χ3n) is 5.23. The summed E-state index contributed by atoms with van der Waals surface area (Å²) in [5.74, 6) is 1.28. The number of aryl methyl sites for hydroxylation is 1. The summed E-state index contributed by atoms with van der Waals surface area (Å²) in [7, 11) is 0. The summed E-state index contributed by atoms with van der Waals surface area (Å²) in [5.41, 5.74) is 9.85. The van der Waals surface area contributed by atoms with Gasteiger partial charge in [-0.15, -0.1) is 0 Å². The van der Waals surface area contributed by atoms with Crippen molar-refractivity contribution in [1.82, 2.24) is 10.1 Å². The van der Waals surface area contributed by atoms with Gasteiger partial charge in [-0.05, 0) is 30.9 Å². The molecule has 3 aromatic rings. The van der Waals surface area contributed by atoms with Gasteiger partial charge >= 0.3 is 0 Å². The van der Waals surface area contributed by atoms with Crippen molar-refractivity contribution in [2.75, 3.05) is 13.2 Å². The van der Waals surface area contributed by atoms with Gasteiger partial charge in [0, 0.05) is 25.3 Å². The average molecular weight is 349 g/mol. The van der Waals surface area contributed by atoms with Gasteiger partial charge in [0.15, 0.2) is 0 Å². The Morgan fingerprint density at radius 1 is 1.00 bits per heavy atom. The molecule has 0 aliphatic carbocycles. The summed E-state index contributed by atoms with van der Waals surface area (Å²) in [5, 5.41) is 4.25. The summed E-state index contributed by atoms with van der Waals surface area (Å²) in [6.07, 6.45) is 1.67. The van der Waals surface area contributed by atoms with E-state index in [2.05, 4.69) is 36.3 Å². The first-order chi connectivity index (χ1) is 12.7. The van der Waals surface area contributed by atoms with Crippen molar-refractivity contribution in [3.8, 4) is 11.4 Å². The summed E-state index contributed by atoms with van der Waals surface area (Å²) in [6, 6.07) is 16.6. The van der Waals surface area contributed by atoms with Crippen LogP contribution in [0, 0.1) is 6.92 Å². The van der Waals surface area contributed by atoms with Gasteiger partial charge in [0.2, 0.25) is 11.7 Å². The minimum Gasteiger partial charge on any atom is -0.381 e. The van der Waals surface area contributed by atoms with Crippen LogP contribution in [0.1, 0.15) is 35.4 Å². The van der Waals surface area contributed by atoms with Crippen molar-refractivity contribution in [3.05, 3.63) is 71.1 Å². The van der Waals surface area contributed by atoms with E-state index < -0.39 is 0 Å². The number of ether oxygens (including phenoxy) is 1. The van der Waals surface area contributed by atoms with Crippen molar-refractivity contribution in [3.63, 3.8) is 0 Å². The van der Waals surface area contributed by atoms with Crippen molar-refractivity contribution >= 4 is 0 Å². The van der Waals surface area contributed by atoms with E-state index in [9.17, 15) is 0 Å². The van der Waals surface area contributed by atoms with E-state index >= 15 is 0 Å². The highest BCUT2D eigenvalue weighted by atomic mass is 16.5. The molecular weight excluding hydrogens is 326 g/mol. The Labute approximate surface area is 153 Å². The van der Waals surface area contributed by atoms with Crippen LogP contribution in [0.5, 0.6) is 0 Å². The van der Waals surface area contributed by atoms with Gasteiger partial charge in [-0.2, -0.15) is 4.98 Å². The van der Waals surface area contributed by atoms with E-state index in [-0.39, 0.29) is 5.41 Å². The average Bonchev–Trinajstić information content (AvgIpc) is 3.20. The van der Waals surface area contributed by atoms with E-state index in [1.165, 1.54) is 11.1 Å². The summed E-state index contributed by atoms with van der Waals surface area (Å²) < 4.78 is 11.4. The van der Waals surface area contributed by atoms with Crippen molar-refractivity contribution in [2.45, 2.75) is 31.7 Å². The Hall–Kier alpha value is -2.50. The van der Waals surface area contributed by atoms with Crippen molar-refractivity contribution in [1.29, 1.82) is 0 Å². The number of hydrogen-bond donors (Lipinski definition) is 1. The molecule has 5 heteroatoms. The van der Waals surface area contributed by atoms with Crippen molar-refractivity contribution < 1.29 is 9.26 Å². The zero-order valence-corrected chi connectivity index (χ0v) is 14.9. The molecule has 0 atom stereocenters. The molecule has 2 aromatic carbocycles. The van der Waals surface area contributed by atoms with Crippen LogP contribution >= 0.6 is 0 Å². The normalized spacial score (nSPS) is 16.5. The molecule has 134 valence electrons. The fourth-order valence-electron chi connectivity index (χ4n) is 3.54. The van der Waals surface area contributed by atoms with Gasteiger partial charge in [0.25, 0.3) is 0 Å². The van der Waals surface area contributed by atoms with Crippen LogP contribution in [0.4, 0.5) is 0 Å². The topological polar surface area (TPSA) is 74.2 Å². The van der Waals surface area contributed by atoms with E-state index in [0.29, 0.717) is 31.5 Å². The second-order valence-electron chi connectivity index (χ2n) is 6.88. The highest BCUT2D eigenvalue weighted by Crippen LogP contribution is 2.41. The lowest BCUT2D eigenvalue weighted by Gasteiger charge is -2.34. The summed E-state index contributed by atoms with van der Waals surface area (Å²) in [4.78, 5) is 4.77. The Morgan fingerprint density at radius 2 is 1.69 bits per heavy atom. The fraction of sp³-hybridized carbons (Fsp3) is 0.333. The molecule has 1 fully saturated rings. The molecule has 26 heavy (non-hydrogen) atoms. The maximum Gasteiger partial charge on any atom is 0.237 e. The van der Waals surface area contributed by atoms with Gasteiger partial charge in [0.05, 0.1) is 5.41 Å². The van der Waals surface area contributed by atoms with Gasteiger partial charge in [-0.1, -0.05) is 59.3 Å². The van der Waals surface area contributed by atoms with E-state index in [4.69, 9.17) is 20.0 Å². The number of hydrogen-bond acceptors (Lipinski definition) is 5. The molecule has 0 unspecified atom stereocenters. The molecule has 0 saturated carbocycles. The molecule has 4 rings (SSSR count). The molecule has 2 heterocycles. The molecule has 1 aliphatic heterocycles. The van der Waals surface area contributed by atoms with E-state index in [0.717, 1.165) is 24.0 Å². The zero-order valence-electron chi connectivity index (χ0n) is 14.9. The van der Waals surface area contributed by atoms with Crippen LogP contribution < -0.4 is 5.73 Å². The standard InChI is InChI=1S/C21H23N3O2/c1-15-2-8-18(9-3-15)21(10-12-25-13-11-21)20-23-19(24-26-20)17-6-4-16(14-22)5-7-17/h2-9H,10-14,22H2,1H3. The molecule has 0 spiro atoms. The first-order valence-electron chi connectivity index (χ1n) is 9.00. The largest absolute Gasteiger partial charge is 0.381 e. The minimum absolute atomic E-state index is 0.283. The number of benzene rings is 2. The van der Waals surface area contributed by atoms with Gasteiger partial charge < -0.3 is 15.0 Å². The molecule has 0 bridgehead atoms. The van der Waals surface area contributed by atoms with Crippen molar-refractivity contribution in [2.24, 2.45) is 5.73 Å². The third kappa shape index (κ3) is 3.04. The maximum absolute atomic E-state index is 5.76. The quantitative estimate of drug-likeness (QED) is 0.779. The molecule has 1 saturated heterocycles. The summed E-state index contributed by atoms with van der Waals surface area (Å²) >= 11 is 0. The Morgan fingerprint density at radius 3 is 2.35 bits per heavy atom. The lowest BCUT2D eigenvalue weighted by Crippen LogP contribution is -2.35. The highest BCUT2D eigenvalue weighted by Gasteiger charge is 2.41. The molecule has 1 aliphatic rings. The van der Waals surface area contributed by atoms with Gasteiger partial charge in [-0.3, -0.25) is 0 Å². The number of nitrogens with two attached hydrogens (primary N) is 1. The van der Waals surface area contributed by atoms with Crippen LogP contribution in [-0.4, -0.2) is 23.4 Å². The van der Waals surface area contributed by atoms with Crippen LogP contribution in [0.25, 0.3) is 11.4 Å². The SMILES string of the molecule is Cc1ccc(C2(c3nc(-c4ccc(CN)cc4)no3)CCOCC2)cc1. The lowest BCUT2D eigenvalue weighted by molar-refractivity contribution is 0.0523. The fourth-order valence-corrected chi connectivity index (χ4v) is 3.54. The van der Waals surface area contributed by atoms with Crippen LogP contribution in [0.15, 0.2) is 53.1 Å². The molecule has 0 amide bonds. The Balaban J connectivity index is 1.72. The monoisotopic (exact) mass is 349 g/mol. The molecule has 5 nitrogen and oxygen atoms in total. The molecule has 0 radical (unpaired) electrons. The van der Waals surface area contributed by atoms with Gasteiger partial charge in [-0.25, -0.2) is 0 Å². The number of aromatic nitrogens is 2. The van der Waals surface area contributed by atoms with Gasteiger partial charge in [0.1, 0.15) is 0 Å². The lowest BCUT2D eigenvalue weighted by atomic mass is 9.74. The summed E-state index contributed by atoms with van der Waals surface area (Å²) in [6.45, 7) is 4.00.